The van der Waals surface area contributed by atoms with Crippen LogP contribution in [0.4, 0.5) is 0 Å². The molecule has 19 heavy (non-hydrogen) atoms. The van der Waals surface area contributed by atoms with E-state index in [-0.39, 0.29) is 0 Å². The lowest BCUT2D eigenvalue weighted by atomic mass is 9.87. The van der Waals surface area contributed by atoms with Crippen molar-refractivity contribution < 1.29 is 0 Å². The third-order valence-electron chi connectivity index (χ3n) is 3.59. The zero-order valence-corrected chi connectivity index (χ0v) is 12.7. The summed E-state index contributed by atoms with van der Waals surface area (Å²) in [4.78, 5) is 4.59. The molecule has 2 nitrogen and oxygen atoms in total. The van der Waals surface area contributed by atoms with E-state index in [1.807, 2.05) is 0 Å². The minimum Gasteiger partial charge on any atom is -0.316 e. The highest BCUT2D eigenvalue weighted by molar-refractivity contribution is 7.09. The molecule has 1 heterocycles. The minimum absolute atomic E-state index is 0.443. The molecule has 3 heteroatoms. The fourth-order valence-corrected chi connectivity index (χ4v) is 3.41. The van der Waals surface area contributed by atoms with Gasteiger partial charge in [0.1, 0.15) is 0 Å². The summed E-state index contributed by atoms with van der Waals surface area (Å²) in [6.45, 7) is 4.32. The molecule has 2 unspecified atom stereocenters. The van der Waals surface area contributed by atoms with Crippen molar-refractivity contribution in [1.82, 2.24) is 10.3 Å². The van der Waals surface area contributed by atoms with Crippen LogP contribution >= 0.6 is 11.3 Å². The van der Waals surface area contributed by atoms with Gasteiger partial charge in [-0.1, -0.05) is 37.3 Å². The van der Waals surface area contributed by atoms with E-state index in [9.17, 15) is 0 Å². The maximum Gasteiger partial charge on any atom is 0.0943 e. The summed E-state index contributed by atoms with van der Waals surface area (Å²) in [7, 11) is 2.05. The van der Waals surface area contributed by atoms with Crippen molar-refractivity contribution in [1.29, 1.82) is 0 Å². The van der Waals surface area contributed by atoms with E-state index in [1.165, 1.54) is 10.6 Å². The van der Waals surface area contributed by atoms with E-state index in [2.05, 4.69) is 66.9 Å². The Hall–Kier alpha value is -1.19. The number of aryl methyl sites for hydroxylation is 1. The van der Waals surface area contributed by atoms with Gasteiger partial charge in [-0.25, -0.2) is 4.98 Å². The van der Waals surface area contributed by atoms with Gasteiger partial charge in [0.15, 0.2) is 0 Å². The number of hydrogen-bond donors (Lipinski definition) is 1. The molecule has 0 saturated heterocycles. The molecule has 1 aromatic carbocycles. The van der Waals surface area contributed by atoms with Gasteiger partial charge < -0.3 is 5.32 Å². The largest absolute Gasteiger partial charge is 0.316 e. The number of rotatable bonds is 6. The van der Waals surface area contributed by atoms with E-state index >= 15 is 0 Å². The van der Waals surface area contributed by atoms with Crippen LogP contribution in [-0.2, 0) is 6.42 Å². The lowest BCUT2D eigenvalue weighted by Crippen LogP contribution is -2.34. The zero-order chi connectivity index (χ0) is 13.7. The number of benzene rings is 1. The first kappa shape index (κ1) is 14.2. The molecule has 0 radical (unpaired) electrons. The van der Waals surface area contributed by atoms with Crippen LogP contribution in [0.2, 0.25) is 0 Å². The molecule has 0 amide bonds. The number of thiazole rings is 1. The molecule has 1 aromatic heterocycles. The molecular formula is C16H22N2S. The first-order valence-corrected chi connectivity index (χ1v) is 7.75. The molecule has 0 bridgehead atoms. The summed E-state index contributed by atoms with van der Waals surface area (Å²) in [6.07, 6.45) is 2.14. The molecule has 0 saturated carbocycles. The molecule has 0 aliphatic heterocycles. The predicted molar refractivity (Wildman–Crippen MR) is 82.9 cm³/mol. The van der Waals surface area contributed by atoms with E-state index in [1.54, 1.807) is 11.3 Å². The Morgan fingerprint density at radius 2 is 2.00 bits per heavy atom. The predicted octanol–water partition coefficient (Wildman–Crippen LogP) is 3.78. The number of nitrogens with one attached hydrogen (secondary N) is 1. The van der Waals surface area contributed by atoms with E-state index in [0.717, 1.165) is 18.5 Å². The Morgan fingerprint density at radius 3 is 2.53 bits per heavy atom. The summed E-state index contributed by atoms with van der Waals surface area (Å²) in [6, 6.07) is 11.2. The molecule has 2 aromatic rings. The fraction of sp³-hybridized carbons (Fsp3) is 0.438. The number of likely N-dealkylation sites (N-methyl/N-ethyl adjacent to an activating group) is 1. The molecule has 0 aliphatic carbocycles. The number of nitrogens with zero attached hydrogens (tertiary/aromatic N) is 1. The van der Waals surface area contributed by atoms with Crippen molar-refractivity contribution in [3.8, 4) is 0 Å². The van der Waals surface area contributed by atoms with Gasteiger partial charge in [-0.05, 0) is 31.9 Å². The standard InChI is InChI=1S/C16H22N2S/c1-4-14(13-8-6-5-7-9-13)15(17-3)10-16-18-12(2)11-19-16/h5-9,11,14-15,17H,4,10H2,1-3H3. The van der Waals surface area contributed by atoms with Gasteiger partial charge in [-0.2, -0.15) is 0 Å². The average Bonchev–Trinajstić information content (AvgIpc) is 2.85. The van der Waals surface area contributed by atoms with Gasteiger partial charge in [0.2, 0.25) is 0 Å². The van der Waals surface area contributed by atoms with Crippen LogP contribution in [0.25, 0.3) is 0 Å². The van der Waals surface area contributed by atoms with Gasteiger partial charge in [0.25, 0.3) is 0 Å². The molecule has 0 spiro atoms. The molecule has 0 aliphatic rings. The lowest BCUT2D eigenvalue weighted by Gasteiger charge is -2.25. The first-order valence-electron chi connectivity index (χ1n) is 6.87. The van der Waals surface area contributed by atoms with Crippen LogP contribution in [0, 0.1) is 6.92 Å². The van der Waals surface area contributed by atoms with Crippen molar-refractivity contribution in [2.75, 3.05) is 7.05 Å². The smallest absolute Gasteiger partial charge is 0.0943 e. The first-order chi connectivity index (χ1) is 9.24. The van der Waals surface area contributed by atoms with E-state index in [0.29, 0.717) is 12.0 Å². The highest BCUT2D eigenvalue weighted by Crippen LogP contribution is 2.26. The summed E-state index contributed by atoms with van der Waals surface area (Å²) in [5.41, 5.74) is 2.54. The molecular weight excluding hydrogens is 252 g/mol. The SMILES string of the molecule is CCC(c1ccccc1)C(Cc1nc(C)cs1)NC. The van der Waals surface area contributed by atoms with E-state index in [4.69, 9.17) is 0 Å². The molecule has 1 N–H and O–H groups in total. The van der Waals surface area contributed by atoms with Crippen LogP contribution < -0.4 is 5.32 Å². The number of hydrogen-bond acceptors (Lipinski definition) is 3. The van der Waals surface area contributed by atoms with Crippen molar-refractivity contribution in [2.24, 2.45) is 0 Å². The third kappa shape index (κ3) is 3.64. The van der Waals surface area contributed by atoms with E-state index < -0.39 is 0 Å². The summed E-state index contributed by atoms with van der Waals surface area (Å²) in [5, 5.41) is 6.83. The Kier molecular flexibility index (Phi) is 5.11. The van der Waals surface area contributed by atoms with Crippen LogP contribution in [0.3, 0.4) is 0 Å². The van der Waals surface area contributed by atoms with Crippen LogP contribution in [0.5, 0.6) is 0 Å². The van der Waals surface area contributed by atoms with Crippen LogP contribution in [-0.4, -0.2) is 18.1 Å². The highest BCUT2D eigenvalue weighted by atomic mass is 32.1. The quantitative estimate of drug-likeness (QED) is 0.867. The second-order valence-electron chi connectivity index (χ2n) is 4.91. The van der Waals surface area contributed by atoms with Gasteiger partial charge in [-0.15, -0.1) is 11.3 Å². The van der Waals surface area contributed by atoms with Crippen molar-refractivity contribution in [3.05, 3.63) is 52.0 Å². The summed E-state index contributed by atoms with van der Waals surface area (Å²) in [5.74, 6) is 0.537. The third-order valence-corrected chi connectivity index (χ3v) is 4.57. The second kappa shape index (κ2) is 6.83. The van der Waals surface area contributed by atoms with Crippen molar-refractivity contribution in [3.63, 3.8) is 0 Å². The Labute approximate surface area is 119 Å². The Balaban J connectivity index is 2.15. The van der Waals surface area contributed by atoms with Gasteiger partial charge in [0.05, 0.1) is 5.01 Å². The van der Waals surface area contributed by atoms with Gasteiger partial charge >= 0.3 is 0 Å². The molecule has 102 valence electrons. The van der Waals surface area contributed by atoms with Crippen LogP contribution in [0.15, 0.2) is 35.7 Å². The van der Waals surface area contributed by atoms with Gasteiger partial charge in [-0.3, -0.25) is 0 Å². The van der Waals surface area contributed by atoms with Crippen molar-refractivity contribution in [2.45, 2.75) is 38.6 Å². The maximum absolute atomic E-state index is 4.59. The van der Waals surface area contributed by atoms with Crippen LogP contribution in [0.1, 0.15) is 35.5 Å². The molecule has 2 atom stereocenters. The summed E-state index contributed by atoms with van der Waals surface area (Å²) < 4.78 is 0. The lowest BCUT2D eigenvalue weighted by molar-refractivity contribution is 0.448. The Bertz CT molecular complexity index is 492. The highest BCUT2D eigenvalue weighted by Gasteiger charge is 2.21. The topological polar surface area (TPSA) is 24.9 Å². The maximum atomic E-state index is 4.59. The van der Waals surface area contributed by atoms with Crippen molar-refractivity contribution >= 4 is 11.3 Å². The monoisotopic (exact) mass is 274 g/mol. The average molecular weight is 274 g/mol. The summed E-state index contributed by atoms with van der Waals surface area (Å²) >= 11 is 1.77. The van der Waals surface area contributed by atoms with Gasteiger partial charge in [0, 0.05) is 23.5 Å². The second-order valence-corrected chi connectivity index (χ2v) is 5.85. The fourth-order valence-electron chi connectivity index (χ4n) is 2.58. The Morgan fingerprint density at radius 1 is 1.26 bits per heavy atom. The normalized spacial score (nSPS) is 14.3. The molecule has 2 rings (SSSR count). The minimum atomic E-state index is 0.443. The molecule has 0 fully saturated rings. The number of aromatic nitrogens is 1. The zero-order valence-electron chi connectivity index (χ0n) is 11.9.